The van der Waals surface area contributed by atoms with Gasteiger partial charge in [0.2, 0.25) is 5.12 Å². The largest absolute Gasteiger partial charge is 0.478 e. The molecule has 5 nitrogen and oxygen atoms in total. The van der Waals surface area contributed by atoms with Crippen molar-refractivity contribution in [3.63, 3.8) is 0 Å². The van der Waals surface area contributed by atoms with E-state index in [1.807, 2.05) is 0 Å². The van der Waals surface area contributed by atoms with Gasteiger partial charge in [0.25, 0.3) is 0 Å². The minimum atomic E-state index is -1.29. The third-order valence-electron chi connectivity index (χ3n) is 3.34. The Labute approximate surface area is 142 Å². The number of thioether (sulfide) groups is 1. The van der Waals surface area contributed by atoms with E-state index in [0.717, 1.165) is 17.8 Å². The minimum absolute atomic E-state index is 0.0839. The van der Waals surface area contributed by atoms with Crippen LogP contribution in [0, 0.1) is 6.92 Å². The highest BCUT2D eigenvalue weighted by atomic mass is 32.2. The number of benzene rings is 2. The van der Waals surface area contributed by atoms with E-state index in [4.69, 9.17) is 0 Å². The molecular weight excluding hydrogens is 328 g/mol. The number of carboxylic acids is 2. The molecule has 0 radical (unpaired) electrons. The number of carboxylic acid groups (broad SMARTS) is 2. The molecular formula is C18H14O5S. The fourth-order valence-electron chi connectivity index (χ4n) is 2.35. The Morgan fingerprint density at radius 1 is 1.08 bits per heavy atom. The Morgan fingerprint density at radius 3 is 2.21 bits per heavy atom. The predicted molar refractivity (Wildman–Crippen MR) is 91.6 cm³/mol. The van der Waals surface area contributed by atoms with Gasteiger partial charge in [-0.2, -0.15) is 0 Å². The van der Waals surface area contributed by atoms with Gasteiger partial charge in [-0.3, -0.25) is 4.79 Å². The molecule has 0 spiro atoms. The van der Waals surface area contributed by atoms with E-state index < -0.39 is 17.1 Å². The number of carbonyl (C=O) groups excluding carboxylic acids is 1. The molecule has 0 amide bonds. The molecule has 0 bridgehead atoms. The second-order valence-corrected chi connectivity index (χ2v) is 5.94. The molecule has 2 rings (SSSR count). The molecule has 0 saturated carbocycles. The number of hydrogen-bond acceptors (Lipinski definition) is 4. The fourth-order valence-corrected chi connectivity index (χ4v) is 3.15. The lowest BCUT2D eigenvalue weighted by molar-refractivity contribution is -0.107. The van der Waals surface area contributed by atoms with Crippen LogP contribution in [0.5, 0.6) is 0 Å². The number of carbonyl (C=O) groups is 3. The van der Waals surface area contributed by atoms with Crippen molar-refractivity contribution in [1.29, 1.82) is 0 Å². The lowest BCUT2D eigenvalue weighted by Gasteiger charge is -2.16. The van der Waals surface area contributed by atoms with Crippen molar-refractivity contribution >= 4 is 28.8 Å². The van der Waals surface area contributed by atoms with Crippen LogP contribution in [0.2, 0.25) is 0 Å². The van der Waals surface area contributed by atoms with Crippen LogP contribution in [0.1, 0.15) is 26.3 Å². The lowest BCUT2D eigenvalue weighted by Crippen LogP contribution is -2.11. The van der Waals surface area contributed by atoms with Crippen LogP contribution in [0.3, 0.4) is 0 Å². The van der Waals surface area contributed by atoms with Crippen LogP contribution in [-0.2, 0) is 4.79 Å². The third-order valence-corrected chi connectivity index (χ3v) is 4.44. The fraction of sp³-hybridized carbons (Fsp3) is 0.0556. The van der Waals surface area contributed by atoms with Gasteiger partial charge in [-0.1, -0.05) is 36.9 Å². The molecule has 2 N–H and O–H groups in total. The van der Waals surface area contributed by atoms with Gasteiger partial charge >= 0.3 is 11.9 Å². The molecule has 2 aromatic carbocycles. The summed E-state index contributed by atoms with van der Waals surface area (Å²) < 4.78 is 0. The van der Waals surface area contributed by atoms with Crippen molar-refractivity contribution in [2.75, 3.05) is 0 Å². The second-order valence-electron chi connectivity index (χ2n) is 4.92. The average molecular weight is 342 g/mol. The molecule has 6 heteroatoms. The van der Waals surface area contributed by atoms with E-state index in [-0.39, 0.29) is 21.6 Å². The zero-order chi connectivity index (χ0) is 17.9. The first-order chi connectivity index (χ1) is 11.4. The van der Waals surface area contributed by atoms with E-state index in [1.54, 1.807) is 37.3 Å². The van der Waals surface area contributed by atoms with Gasteiger partial charge < -0.3 is 10.2 Å². The van der Waals surface area contributed by atoms with Crippen molar-refractivity contribution in [3.8, 4) is 11.1 Å². The topological polar surface area (TPSA) is 91.7 Å². The summed E-state index contributed by atoms with van der Waals surface area (Å²) in [5.41, 5.74) is 0.635. The van der Waals surface area contributed by atoms with Crippen LogP contribution in [0.15, 0.2) is 53.9 Å². The van der Waals surface area contributed by atoms with Crippen molar-refractivity contribution < 1.29 is 24.6 Å². The molecule has 122 valence electrons. The number of hydrogen-bond donors (Lipinski definition) is 2. The van der Waals surface area contributed by atoms with Crippen LogP contribution >= 0.6 is 11.8 Å². The van der Waals surface area contributed by atoms with Crippen LogP contribution in [0.25, 0.3) is 11.1 Å². The van der Waals surface area contributed by atoms with Gasteiger partial charge in [0.1, 0.15) is 0 Å². The van der Waals surface area contributed by atoms with Crippen molar-refractivity contribution in [3.05, 3.63) is 65.7 Å². The first-order valence-electron chi connectivity index (χ1n) is 6.90. The number of rotatable bonds is 5. The second kappa shape index (κ2) is 7.14. The highest BCUT2D eigenvalue weighted by Gasteiger charge is 2.26. The highest BCUT2D eigenvalue weighted by molar-refractivity contribution is 8.14. The summed E-state index contributed by atoms with van der Waals surface area (Å²) in [4.78, 5) is 35.4. The molecule has 2 aromatic rings. The van der Waals surface area contributed by atoms with Crippen LogP contribution < -0.4 is 0 Å². The first-order valence-corrected chi connectivity index (χ1v) is 7.72. The summed E-state index contributed by atoms with van der Waals surface area (Å²) in [6.45, 7) is 4.95. The first kappa shape index (κ1) is 17.5. The molecule has 0 aliphatic rings. The van der Waals surface area contributed by atoms with E-state index in [0.29, 0.717) is 11.1 Å². The van der Waals surface area contributed by atoms with Crippen molar-refractivity contribution in [2.24, 2.45) is 0 Å². The molecule has 0 aliphatic heterocycles. The monoisotopic (exact) mass is 342 g/mol. The highest BCUT2D eigenvalue weighted by Crippen LogP contribution is 2.38. The summed E-state index contributed by atoms with van der Waals surface area (Å²) >= 11 is 0.724. The van der Waals surface area contributed by atoms with Gasteiger partial charge in [-0.05, 0) is 42.0 Å². The van der Waals surface area contributed by atoms with Gasteiger partial charge in [-0.25, -0.2) is 9.59 Å². The normalized spacial score (nSPS) is 10.2. The summed E-state index contributed by atoms with van der Waals surface area (Å²) in [5, 5.41) is 18.8. The number of aromatic carboxylic acids is 2. The van der Waals surface area contributed by atoms with Crippen molar-refractivity contribution in [2.45, 2.75) is 11.8 Å². The molecule has 0 aromatic heterocycles. The smallest absolute Gasteiger partial charge is 0.337 e. The van der Waals surface area contributed by atoms with Crippen molar-refractivity contribution in [1.82, 2.24) is 0 Å². The third kappa shape index (κ3) is 3.38. The van der Waals surface area contributed by atoms with Gasteiger partial charge in [-0.15, -0.1) is 0 Å². The maximum atomic E-state index is 11.9. The summed E-state index contributed by atoms with van der Waals surface area (Å²) in [6, 6.07) is 9.77. The zero-order valence-corrected chi connectivity index (χ0v) is 13.6. The lowest BCUT2D eigenvalue weighted by atomic mass is 9.92. The average Bonchev–Trinajstić information content (AvgIpc) is 2.56. The van der Waals surface area contributed by atoms with E-state index >= 15 is 0 Å². The molecule has 24 heavy (non-hydrogen) atoms. The molecule has 0 atom stereocenters. The summed E-state index contributed by atoms with van der Waals surface area (Å²) in [6.07, 6.45) is 1.09. The van der Waals surface area contributed by atoms with E-state index in [9.17, 15) is 24.6 Å². The maximum absolute atomic E-state index is 11.9. The molecule has 0 saturated heterocycles. The Kier molecular flexibility index (Phi) is 5.21. The predicted octanol–water partition coefficient (Wildman–Crippen LogP) is 3.86. The minimum Gasteiger partial charge on any atom is -0.478 e. The van der Waals surface area contributed by atoms with Gasteiger partial charge in [0.15, 0.2) is 0 Å². The SMILES string of the molecule is C=CC(=O)Sc1c(C)cc(C(=O)O)c(-c2ccccc2)c1C(=O)O. The van der Waals surface area contributed by atoms with Gasteiger partial charge in [0.05, 0.1) is 11.1 Å². The molecule has 0 fully saturated rings. The zero-order valence-electron chi connectivity index (χ0n) is 12.8. The Morgan fingerprint density at radius 2 is 1.71 bits per heavy atom. The standard InChI is InChI=1S/C18H14O5S/c1-3-13(19)24-16-10(2)9-12(17(20)21)14(15(16)18(22)23)11-7-5-4-6-8-11/h3-9H,1H2,2H3,(H,20,21)(H,22,23). The van der Waals surface area contributed by atoms with Crippen LogP contribution in [-0.4, -0.2) is 27.3 Å². The summed E-state index contributed by atoms with van der Waals surface area (Å²) in [5.74, 6) is -2.52. The van der Waals surface area contributed by atoms with Gasteiger partial charge in [0, 0.05) is 10.5 Å². The number of aryl methyl sites for hydroxylation is 1. The summed E-state index contributed by atoms with van der Waals surface area (Å²) in [7, 11) is 0. The quantitative estimate of drug-likeness (QED) is 0.633. The Bertz CT molecular complexity index is 840. The van der Waals surface area contributed by atoms with E-state index in [2.05, 4.69) is 6.58 Å². The maximum Gasteiger partial charge on any atom is 0.337 e. The van der Waals surface area contributed by atoms with Crippen LogP contribution in [0.4, 0.5) is 0 Å². The molecule has 0 aliphatic carbocycles. The Hall–Kier alpha value is -2.86. The molecule has 0 unspecified atom stereocenters. The van der Waals surface area contributed by atoms with E-state index in [1.165, 1.54) is 6.07 Å². The molecule has 0 heterocycles. The Balaban J connectivity index is 2.90.